The van der Waals surface area contributed by atoms with Crippen LogP contribution < -0.4 is 15.8 Å². The number of methoxy groups -OCH3 is 1. The Kier molecular flexibility index (Phi) is 3.77. The van der Waals surface area contributed by atoms with Gasteiger partial charge in [-0.2, -0.15) is 4.37 Å². The SMILES string of the molecule is COc1c(N)nsc1NCCc1cccnc1. The number of nitrogens with zero attached hydrogens (tertiary/aromatic N) is 2. The molecule has 0 spiro atoms. The lowest BCUT2D eigenvalue weighted by Crippen LogP contribution is -2.04. The van der Waals surface area contributed by atoms with Gasteiger partial charge in [-0.1, -0.05) is 6.07 Å². The van der Waals surface area contributed by atoms with Crippen molar-refractivity contribution in [1.29, 1.82) is 0 Å². The minimum absolute atomic E-state index is 0.432. The van der Waals surface area contributed by atoms with Crippen molar-refractivity contribution in [2.45, 2.75) is 6.42 Å². The third kappa shape index (κ3) is 2.85. The van der Waals surface area contributed by atoms with Crippen LogP contribution in [0.3, 0.4) is 0 Å². The zero-order valence-electron chi connectivity index (χ0n) is 9.51. The van der Waals surface area contributed by atoms with Crippen LogP contribution in [-0.4, -0.2) is 23.0 Å². The molecule has 0 saturated heterocycles. The van der Waals surface area contributed by atoms with E-state index in [2.05, 4.69) is 14.7 Å². The first kappa shape index (κ1) is 11.7. The predicted octanol–water partition coefficient (Wildman–Crippen LogP) is 1.78. The number of anilines is 2. The highest BCUT2D eigenvalue weighted by atomic mass is 32.1. The van der Waals surface area contributed by atoms with Crippen LogP contribution in [0.25, 0.3) is 0 Å². The molecule has 0 aliphatic rings. The van der Waals surface area contributed by atoms with Gasteiger partial charge in [0.25, 0.3) is 0 Å². The molecule has 5 nitrogen and oxygen atoms in total. The summed E-state index contributed by atoms with van der Waals surface area (Å²) in [6.45, 7) is 0.795. The Labute approximate surface area is 104 Å². The molecule has 2 heterocycles. The van der Waals surface area contributed by atoms with Crippen molar-refractivity contribution < 1.29 is 4.74 Å². The first-order valence-electron chi connectivity index (χ1n) is 5.23. The van der Waals surface area contributed by atoms with Gasteiger partial charge < -0.3 is 15.8 Å². The second kappa shape index (κ2) is 5.49. The Morgan fingerprint density at radius 1 is 1.53 bits per heavy atom. The van der Waals surface area contributed by atoms with E-state index < -0.39 is 0 Å². The molecule has 90 valence electrons. The largest absolute Gasteiger partial charge is 0.490 e. The summed E-state index contributed by atoms with van der Waals surface area (Å²) in [4.78, 5) is 4.07. The summed E-state index contributed by atoms with van der Waals surface area (Å²) in [5.41, 5.74) is 6.85. The maximum Gasteiger partial charge on any atom is 0.197 e. The fourth-order valence-corrected chi connectivity index (χ4v) is 2.18. The highest BCUT2D eigenvalue weighted by Crippen LogP contribution is 2.34. The molecule has 0 unspecified atom stereocenters. The molecule has 17 heavy (non-hydrogen) atoms. The van der Waals surface area contributed by atoms with Crippen molar-refractivity contribution in [3.05, 3.63) is 30.1 Å². The van der Waals surface area contributed by atoms with Gasteiger partial charge in [0.05, 0.1) is 7.11 Å². The highest BCUT2D eigenvalue weighted by Gasteiger charge is 2.10. The van der Waals surface area contributed by atoms with Gasteiger partial charge >= 0.3 is 0 Å². The first-order valence-corrected chi connectivity index (χ1v) is 6.00. The summed E-state index contributed by atoms with van der Waals surface area (Å²) < 4.78 is 9.20. The van der Waals surface area contributed by atoms with E-state index in [-0.39, 0.29) is 0 Å². The summed E-state index contributed by atoms with van der Waals surface area (Å²) in [5, 5.41) is 4.13. The predicted molar refractivity (Wildman–Crippen MR) is 69.5 cm³/mol. The number of ether oxygens (including phenoxy) is 1. The lowest BCUT2D eigenvalue weighted by atomic mass is 10.2. The monoisotopic (exact) mass is 250 g/mol. The number of nitrogens with one attached hydrogen (secondary N) is 1. The molecule has 0 bridgehead atoms. The molecule has 0 radical (unpaired) electrons. The van der Waals surface area contributed by atoms with Gasteiger partial charge in [0.2, 0.25) is 0 Å². The molecule has 2 rings (SSSR count). The van der Waals surface area contributed by atoms with Crippen LogP contribution in [0.1, 0.15) is 5.56 Å². The zero-order chi connectivity index (χ0) is 12.1. The molecule has 0 fully saturated rings. The molecule has 2 aromatic heterocycles. The minimum Gasteiger partial charge on any atom is -0.490 e. The smallest absolute Gasteiger partial charge is 0.197 e. The lowest BCUT2D eigenvalue weighted by Gasteiger charge is -2.05. The van der Waals surface area contributed by atoms with Crippen LogP contribution >= 0.6 is 11.5 Å². The van der Waals surface area contributed by atoms with Crippen LogP contribution in [0, 0.1) is 0 Å². The van der Waals surface area contributed by atoms with E-state index in [1.165, 1.54) is 17.1 Å². The summed E-state index contributed by atoms with van der Waals surface area (Å²) in [7, 11) is 1.59. The highest BCUT2D eigenvalue weighted by molar-refractivity contribution is 7.11. The Hall–Kier alpha value is -1.82. The Morgan fingerprint density at radius 2 is 2.41 bits per heavy atom. The molecule has 2 aromatic rings. The van der Waals surface area contributed by atoms with Crippen LogP contribution in [-0.2, 0) is 6.42 Å². The quantitative estimate of drug-likeness (QED) is 0.846. The third-order valence-electron chi connectivity index (χ3n) is 2.30. The topological polar surface area (TPSA) is 73.1 Å². The summed E-state index contributed by atoms with van der Waals surface area (Å²) >= 11 is 1.31. The second-order valence-corrected chi connectivity index (χ2v) is 4.24. The average molecular weight is 250 g/mol. The van der Waals surface area contributed by atoms with Crippen molar-refractivity contribution in [3.63, 3.8) is 0 Å². The number of aromatic nitrogens is 2. The number of nitrogens with two attached hydrogens (primary N) is 1. The van der Waals surface area contributed by atoms with Crippen molar-refractivity contribution in [2.75, 3.05) is 24.7 Å². The Balaban J connectivity index is 1.90. The van der Waals surface area contributed by atoms with Gasteiger partial charge in [0, 0.05) is 18.9 Å². The normalized spacial score (nSPS) is 10.2. The van der Waals surface area contributed by atoms with Crippen LogP contribution in [0.5, 0.6) is 5.75 Å². The number of hydrogen-bond acceptors (Lipinski definition) is 6. The van der Waals surface area contributed by atoms with E-state index in [1.54, 1.807) is 13.3 Å². The fraction of sp³-hybridized carbons (Fsp3) is 0.273. The van der Waals surface area contributed by atoms with E-state index in [0.29, 0.717) is 11.6 Å². The van der Waals surface area contributed by atoms with Gasteiger partial charge in [-0.15, -0.1) is 0 Å². The standard InChI is InChI=1S/C11H14N4OS/c1-16-9-10(12)15-17-11(9)14-6-4-8-3-2-5-13-7-8/h2-3,5,7,14H,4,6H2,1H3,(H2,12,15). The first-order chi connectivity index (χ1) is 8.31. The van der Waals surface area contributed by atoms with E-state index >= 15 is 0 Å². The second-order valence-electron chi connectivity index (χ2n) is 3.47. The van der Waals surface area contributed by atoms with E-state index in [9.17, 15) is 0 Å². The van der Waals surface area contributed by atoms with Gasteiger partial charge in [0.1, 0.15) is 0 Å². The van der Waals surface area contributed by atoms with Crippen molar-refractivity contribution in [3.8, 4) is 5.75 Å². The molecule has 0 aromatic carbocycles. The van der Waals surface area contributed by atoms with E-state index in [1.807, 2.05) is 18.3 Å². The molecule has 0 atom stereocenters. The molecule has 0 aliphatic heterocycles. The molecule has 0 saturated carbocycles. The summed E-state index contributed by atoms with van der Waals surface area (Å²) in [6, 6.07) is 3.98. The van der Waals surface area contributed by atoms with Crippen molar-refractivity contribution >= 4 is 22.4 Å². The zero-order valence-corrected chi connectivity index (χ0v) is 10.3. The van der Waals surface area contributed by atoms with Gasteiger partial charge in [-0.25, -0.2) is 0 Å². The number of pyridine rings is 1. The van der Waals surface area contributed by atoms with E-state index in [4.69, 9.17) is 10.5 Å². The van der Waals surface area contributed by atoms with Crippen LogP contribution in [0.2, 0.25) is 0 Å². The van der Waals surface area contributed by atoms with Gasteiger partial charge in [0.15, 0.2) is 16.6 Å². The number of hydrogen-bond donors (Lipinski definition) is 2. The summed E-state index contributed by atoms with van der Waals surface area (Å²) in [5.74, 6) is 1.06. The lowest BCUT2D eigenvalue weighted by molar-refractivity contribution is 0.419. The van der Waals surface area contributed by atoms with Gasteiger partial charge in [-0.05, 0) is 29.6 Å². The minimum atomic E-state index is 0.432. The summed E-state index contributed by atoms with van der Waals surface area (Å²) in [6.07, 6.45) is 4.53. The molecule has 6 heteroatoms. The van der Waals surface area contributed by atoms with Crippen molar-refractivity contribution in [2.24, 2.45) is 0 Å². The Bertz CT molecular complexity index is 472. The Morgan fingerprint density at radius 3 is 3.12 bits per heavy atom. The fourth-order valence-electron chi connectivity index (χ4n) is 1.47. The number of rotatable bonds is 5. The van der Waals surface area contributed by atoms with Crippen LogP contribution in [0.4, 0.5) is 10.8 Å². The molecular weight excluding hydrogens is 236 g/mol. The average Bonchev–Trinajstić information content (AvgIpc) is 2.71. The molecular formula is C11H14N4OS. The maximum atomic E-state index is 5.66. The van der Waals surface area contributed by atoms with Crippen LogP contribution in [0.15, 0.2) is 24.5 Å². The third-order valence-corrected chi connectivity index (χ3v) is 3.10. The maximum absolute atomic E-state index is 5.66. The molecule has 0 amide bonds. The molecule has 0 aliphatic carbocycles. The molecule has 3 N–H and O–H groups in total. The van der Waals surface area contributed by atoms with Gasteiger partial charge in [-0.3, -0.25) is 4.98 Å². The number of nitrogen functional groups attached to an aromatic ring is 1. The van der Waals surface area contributed by atoms with E-state index in [0.717, 1.165) is 18.0 Å². The van der Waals surface area contributed by atoms with Crippen molar-refractivity contribution in [1.82, 2.24) is 9.36 Å².